The lowest BCUT2D eigenvalue weighted by molar-refractivity contribution is -0.134. The molecule has 1 amide bonds. The highest BCUT2D eigenvalue weighted by Crippen LogP contribution is 2.29. The average Bonchev–Trinajstić information content (AvgIpc) is 3.10. The van der Waals surface area contributed by atoms with Crippen LogP contribution in [0.15, 0.2) is 24.4 Å². The van der Waals surface area contributed by atoms with Gasteiger partial charge in [0, 0.05) is 38.5 Å². The number of carbonyl (C=O) groups excluding carboxylic acids is 1. The number of rotatable bonds is 5. The summed E-state index contributed by atoms with van der Waals surface area (Å²) in [7, 11) is 0. The van der Waals surface area contributed by atoms with E-state index in [4.69, 9.17) is 0 Å². The van der Waals surface area contributed by atoms with Crippen LogP contribution in [-0.4, -0.2) is 49.4 Å². The maximum Gasteiger partial charge on any atom is 0.258 e. The van der Waals surface area contributed by atoms with E-state index in [1.807, 2.05) is 0 Å². The van der Waals surface area contributed by atoms with Crippen molar-refractivity contribution in [2.45, 2.75) is 38.9 Å². The number of amides is 1. The van der Waals surface area contributed by atoms with E-state index in [1.54, 1.807) is 18.7 Å². The molecule has 0 bridgehead atoms. The molecule has 0 saturated carbocycles. The number of nitrogens with one attached hydrogen (secondary N) is 1. The zero-order valence-electron chi connectivity index (χ0n) is 17.9. The van der Waals surface area contributed by atoms with Crippen molar-refractivity contribution in [3.8, 4) is 5.82 Å². The Bertz CT molecular complexity index is 1170. The first kappa shape index (κ1) is 22.6. The predicted octanol–water partition coefficient (Wildman–Crippen LogP) is 2.72. The van der Waals surface area contributed by atoms with Gasteiger partial charge in [-0.1, -0.05) is 0 Å². The molecule has 0 spiro atoms. The summed E-state index contributed by atoms with van der Waals surface area (Å²) >= 11 is 0. The molecule has 0 radical (unpaired) electrons. The van der Waals surface area contributed by atoms with Crippen molar-refractivity contribution < 1.29 is 22.4 Å². The molecular formula is C21H21F4N7O. The number of piperidine rings is 1. The molecule has 12 heteroatoms. The quantitative estimate of drug-likeness (QED) is 0.586. The van der Waals surface area contributed by atoms with E-state index in [2.05, 4.69) is 25.4 Å². The fraction of sp³-hybridized carbons (Fsp3) is 0.381. The van der Waals surface area contributed by atoms with Crippen LogP contribution >= 0.6 is 0 Å². The fourth-order valence-corrected chi connectivity index (χ4v) is 3.71. The van der Waals surface area contributed by atoms with Gasteiger partial charge in [-0.2, -0.15) is 9.67 Å². The second-order valence-electron chi connectivity index (χ2n) is 7.87. The van der Waals surface area contributed by atoms with E-state index in [0.717, 1.165) is 18.3 Å². The number of anilines is 1. The van der Waals surface area contributed by atoms with Crippen LogP contribution in [0.1, 0.15) is 30.1 Å². The lowest BCUT2D eigenvalue weighted by Gasteiger charge is -2.35. The first-order valence-electron chi connectivity index (χ1n) is 10.2. The lowest BCUT2D eigenvalue weighted by Crippen LogP contribution is -2.51. The lowest BCUT2D eigenvalue weighted by atomic mass is 9.92. The summed E-state index contributed by atoms with van der Waals surface area (Å²) in [6.07, 6.45) is 0.692. The fourth-order valence-electron chi connectivity index (χ4n) is 3.71. The van der Waals surface area contributed by atoms with Crippen LogP contribution in [0.5, 0.6) is 0 Å². The van der Waals surface area contributed by atoms with Crippen molar-refractivity contribution >= 4 is 11.9 Å². The Morgan fingerprint density at radius 3 is 2.36 bits per heavy atom. The number of hydrogen-bond donors (Lipinski definition) is 1. The molecule has 2 aromatic heterocycles. The summed E-state index contributed by atoms with van der Waals surface area (Å²) in [5.74, 6) is -2.09. The van der Waals surface area contributed by atoms with Crippen LogP contribution in [0.4, 0.5) is 23.5 Å². The monoisotopic (exact) mass is 463 g/mol. The van der Waals surface area contributed by atoms with E-state index < -0.39 is 29.0 Å². The number of carbonyl (C=O) groups is 1. The molecule has 0 atom stereocenters. The van der Waals surface area contributed by atoms with E-state index in [0.29, 0.717) is 17.7 Å². The van der Waals surface area contributed by atoms with Crippen molar-refractivity contribution in [3.05, 3.63) is 59.1 Å². The van der Waals surface area contributed by atoms with Crippen LogP contribution in [0.2, 0.25) is 0 Å². The Hall–Kier alpha value is -3.57. The molecule has 3 heterocycles. The molecule has 3 aromatic rings. The molecule has 0 aliphatic carbocycles. The van der Waals surface area contributed by atoms with E-state index in [-0.39, 0.29) is 49.8 Å². The van der Waals surface area contributed by atoms with Crippen LogP contribution < -0.4 is 10.2 Å². The Labute approximate surface area is 186 Å². The van der Waals surface area contributed by atoms with Crippen LogP contribution in [0, 0.1) is 31.3 Å². The molecule has 8 nitrogen and oxygen atoms in total. The van der Waals surface area contributed by atoms with Gasteiger partial charge in [0.2, 0.25) is 5.95 Å². The number of benzene rings is 1. The van der Waals surface area contributed by atoms with Crippen molar-refractivity contribution in [3.63, 3.8) is 0 Å². The van der Waals surface area contributed by atoms with Crippen LogP contribution in [0.25, 0.3) is 5.82 Å². The molecule has 1 N–H and O–H groups in total. The van der Waals surface area contributed by atoms with Crippen LogP contribution in [-0.2, 0) is 11.3 Å². The number of hydrogen-bond acceptors (Lipinski definition) is 6. The summed E-state index contributed by atoms with van der Waals surface area (Å²) in [6.45, 7) is 3.35. The predicted molar refractivity (Wildman–Crippen MR) is 110 cm³/mol. The Morgan fingerprint density at radius 2 is 1.76 bits per heavy atom. The van der Waals surface area contributed by atoms with Gasteiger partial charge < -0.3 is 10.2 Å². The van der Waals surface area contributed by atoms with E-state index in [9.17, 15) is 18.0 Å². The normalized spacial score (nSPS) is 15.5. The van der Waals surface area contributed by atoms with E-state index in [1.165, 1.54) is 4.68 Å². The minimum Gasteiger partial charge on any atom is -0.349 e. The molecule has 1 saturated heterocycles. The molecule has 1 aliphatic rings. The van der Waals surface area contributed by atoms with Gasteiger partial charge in [-0.05, 0) is 31.5 Å². The number of aryl methyl sites for hydroxylation is 2. The topological polar surface area (TPSA) is 88.8 Å². The third-order valence-electron chi connectivity index (χ3n) is 5.41. The minimum atomic E-state index is -2.16. The highest BCUT2D eigenvalue weighted by atomic mass is 19.1. The maximum absolute atomic E-state index is 15.3. The highest BCUT2D eigenvalue weighted by Gasteiger charge is 2.42. The Morgan fingerprint density at radius 1 is 1.09 bits per heavy atom. The molecule has 0 unspecified atom stereocenters. The van der Waals surface area contributed by atoms with Crippen molar-refractivity contribution in [1.82, 2.24) is 30.0 Å². The van der Waals surface area contributed by atoms with Gasteiger partial charge in [-0.3, -0.25) is 4.79 Å². The molecule has 174 valence electrons. The second-order valence-corrected chi connectivity index (χ2v) is 7.87. The smallest absolute Gasteiger partial charge is 0.258 e. The highest BCUT2D eigenvalue weighted by molar-refractivity contribution is 5.85. The standard InChI is InChI=1S/C21H21F4N7O/c1-12-28-13(2)32(30-12)18-17(24)11-27-20(29-18)31-5-3-21(25,4-6-31)19(33)26-10-14-7-15(22)9-16(23)8-14/h7-9,11H,3-6,10H2,1-2H3,(H,26,33). The van der Waals surface area contributed by atoms with Gasteiger partial charge in [0.15, 0.2) is 17.3 Å². The third-order valence-corrected chi connectivity index (χ3v) is 5.41. The van der Waals surface area contributed by atoms with Gasteiger partial charge in [0.1, 0.15) is 23.3 Å². The molecule has 4 rings (SSSR count). The number of aromatic nitrogens is 5. The third kappa shape index (κ3) is 4.78. The summed E-state index contributed by atoms with van der Waals surface area (Å²) in [6, 6.07) is 2.85. The minimum absolute atomic E-state index is 0.0738. The van der Waals surface area contributed by atoms with Gasteiger partial charge in [-0.25, -0.2) is 27.5 Å². The van der Waals surface area contributed by atoms with Gasteiger partial charge in [-0.15, -0.1) is 5.10 Å². The van der Waals surface area contributed by atoms with Crippen LogP contribution in [0.3, 0.4) is 0 Å². The summed E-state index contributed by atoms with van der Waals surface area (Å²) in [5, 5.41) is 6.53. The largest absolute Gasteiger partial charge is 0.349 e. The SMILES string of the molecule is Cc1nc(C)n(-c2nc(N3CCC(F)(C(=O)NCc4cc(F)cc(F)c4)CC3)ncc2F)n1. The number of nitrogens with zero attached hydrogens (tertiary/aromatic N) is 6. The molecule has 1 aromatic carbocycles. The van der Waals surface area contributed by atoms with Crippen molar-refractivity contribution in [2.24, 2.45) is 0 Å². The summed E-state index contributed by atoms with van der Waals surface area (Å²) < 4.78 is 57.5. The maximum atomic E-state index is 15.3. The number of halogens is 4. The molecule has 1 aliphatic heterocycles. The van der Waals surface area contributed by atoms with Crippen molar-refractivity contribution in [2.75, 3.05) is 18.0 Å². The van der Waals surface area contributed by atoms with Crippen molar-refractivity contribution in [1.29, 1.82) is 0 Å². The first-order valence-corrected chi connectivity index (χ1v) is 10.2. The van der Waals surface area contributed by atoms with Gasteiger partial charge >= 0.3 is 0 Å². The van der Waals surface area contributed by atoms with Gasteiger partial charge in [0.05, 0.1) is 6.20 Å². The zero-order chi connectivity index (χ0) is 23.8. The zero-order valence-corrected chi connectivity index (χ0v) is 17.9. The molecule has 1 fully saturated rings. The first-order chi connectivity index (χ1) is 15.6. The summed E-state index contributed by atoms with van der Waals surface area (Å²) in [4.78, 5) is 26.4. The van der Waals surface area contributed by atoms with Gasteiger partial charge in [0.25, 0.3) is 5.91 Å². The second kappa shape index (κ2) is 8.75. The summed E-state index contributed by atoms with van der Waals surface area (Å²) in [5.41, 5.74) is -1.97. The Balaban J connectivity index is 1.42. The average molecular weight is 463 g/mol. The van der Waals surface area contributed by atoms with E-state index >= 15 is 4.39 Å². The molecule has 33 heavy (non-hydrogen) atoms. The molecular weight excluding hydrogens is 442 g/mol. The Kier molecular flexibility index (Phi) is 6.00. The number of alkyl halides is 1.